The summed E-state index contributed by atoms with van der Waals surface area (Å²) >= 11 is 1.41. The minimum Gasteiger partial charge on any atom is -0.366 e. The summed E-state index contributed by atoms with van der Waals surface area (Å²) in [6, 6.07) is 47.6. The molecule has 5 N–H and O–H groups in total. The van der Waals surface area contributed by atoms with Crippen LogP contribution in [0.4, 0.5) is 0 Å². The van der Waals surface area contributed by atoms with Crippen LogP contribution in [0.25, 0.3) is 38.4 Å². The summed E-state index contributed by atoms with van der Waals surface area (Å²) in [5.74, 6) is 0. The van der Waals surface area contributed by atoms with Crippen LogP contribution in [0.1, 0.15) is 47.3 Å². The third kappa shape index (κ3) is 6.74. The van der Waals surface area contributed by atoms with Crippen molar-refractivity contribution in [1.29, 1.82) is 5.41 Å². The van der Waals surface area contributed by atoms with Gasteiger partial charge in [0, 0.05) is 11.3 Å². The minimum atomic E-state index is -0.226. The molecule has 0 fully saturated rings. The van der Waals surface area contributed by atoms with Crippen LogP contribution in [0, 0.1) is 5.41 Å². The normalized spacial score (nSPS) is 18.1. The first-order chi connectivity index (χ1) is 24.1. The Hall–Kier alpha value is -5.20. The molecule has 1 heterocycles. The van der Waals surface area contributed by atoms with Gasteiger partial charge in [0.05, 0.1) is 16.5 Å². The van der Waals surface area contributed by atoms with Gasteiger partial charge in [-0.15, -0.1) is 0 Å². The summed E-state index contributed by atoms with van der Waals surface area (Å²) in [5, 5.41) is 21.2. The standard InChI is InChI=1S/C44H38N4S/c45-42(30-12-6-2-7-13-30)49-43(46)39-23-21-35-25-33(17-19-37(35)27-39)32-16-18-36-26-38(22-20-34(36)24-32)41-28-40(29-10-4-1-5-11-29)47-44(48-41)31-14-8-3-9-15-31/h1,3-6,8-28,40,42,44,46-48H,2,7,45H2. The van der Waals surface area contributed by atoms with E-state index in [1.807, 2.05) is 6.07 Å². The fourth-order valence-corrected chi connectivity index (χ4v) is 7.59. The Morgan fingerprint density at radius 2 is 1.27 bits per heavy atom. The number of hydrogen-bond acceptors (Lipinski definition) is 5. The van der Waals surface area contributed by atoms with E-state index in [-0.39, 0.29) is 17.6 Å². The van der Waals surface area contributed by atoms with Gasteiger partial charge in [-0.25, -0.2) is 0 Å². The first-order valence-electron chi connectivity index (χ1n) is 16.9. The van der Waals surface area contributed by atoms with E-state index in [4.69, 9.17) is 11.1 Å². The fourth-order valence-electron chi connectivity index (χ4n) is 6.76. The van der Waals surface area contributed by atoms with Crippen LogP contribution in [-0.2, 0) is 0 Å². The van der Waals surface area contributed by atoms with Gasteiger partial charge in [0.2, 0.25) is 0 Å². The summed E-state index contributed by atoms with van der Waals surface area (Å²) < 4.78 is 0. The lowest BCUT2D eigenvalue weighted by atomic mass is 9.95. The highest BCUT2D eigenvalue weighted by Gasteiger charge is 2.24. The van der Waals surface area contributed by atoms with E-state index in [1.165, 1.54) is 50.4 Å². The van der Waals surface area contributed by atoms with E-state index in [0.717, 1.165) is 40.4 Å². The van der Waals surface area contributed by atoms with Gasteiger partial charge < -0.3 is 11.1 Å². The van der Waals surface area contributed by atoms with Crippen molar-refractivity contribution in [3.63, 3.8) is 0 Å². The second-order valence-corrected chi connectivity index (χ2v) is 13.9. The molecule has 1 aliphatic carbocycles. The smallest absolute Gasteiger partial charge is 0.104 e. The van der Waals surface area contributed by atoms with Crippen LogP contribution in [0.15, 0.2) is 163 Å². The van der Waals surface area contributed by atoms with Crippen LogP contribution < -0.4 is 16.4 Å². The molecule has 0 bridgehead atoms. The van der Waals surface area contributed by atoms with Crippen LogP contribution in [-0.4, -0.2) is 10.4 Å². The largest absolute Gasteiger partial charge is 0.366 e. The monoisotopic (exact) mass is 654 g/mol. The summed E-state index contributed by atoms with van der Waals surface area (Å²) in [6.07, 6.45) is 10.8. The molecule has 1 aliphatic heterocycles. The molecule has 49 heavy (non-hydrogen) atoms. The average Bonchev–Trinajstić information content (AvgIpc) is 3.18. The van der Waals surface area contributed by atoms with E-state index in [9.17, 15) is 0 Å². The topological polar surface area (TPSA) is 73.9 Å². The molecule has 6 aromatic carbocycles. The molecule has 0 amide bonds. The second kappa shape index (κ2) is 13.7. The number of nitrogens with one attached hydrogen (secondary N) is 3. The Morgan fingerprint density at radius 3 is 1.92 bits per heavy atom. The number of nitrogens with two attached hydrogens (primary N) is 1. The third-order valence-corrected chi connectivity index (χ3v) is 10.5. The van der Waals surface area contributed by atoms with Crippen molar-refractivity contribution in [2.45, 2.75) is 30.4 Å². The summed E-state index contributed by atoms with van der Waals surface area (Å²) in [6.45, 7) is 0. The Morgan fingerprint density at radius 1 is 0.673 bits per heavy atom. The fraction of sp³-hybridized carbons (Fsp3) is 0.114. The zero-order chi connectivity index (χ0) is 33.2. The van der Waals surface area contributed by atoms with E-state index in [0.29, 0.717) is 5.04 Å². The second-order valence-electron chi connectivity index (χ2n) is 12.7. The van der Waals surface area contributed by atoms with E-state index in [1.54, 1.807) is 0 Å². The molecule has 0 spiro atoms. The number of hydrogen-bond donors (Lipinski definition) is 4. The molecule has 6 aromatic rings. The van der Waals surface area contributed by atoms with Gasteiger partial charge in [0.15, 0.2) is 0 Å². The maximum atomic E-state index is 8.71. The zero-order valence-corrected chi connectivity index (χ0v) is 28.0. The van der Waals surface area contributed by atoms with Crippen LogP contribution in [0.2, 0.25) is 0 Å². The maximum absolute atomic E-state index is 8.71. The minimum absolute atomic E-state index is 0.00739. The predicted octanol–water partition coefficient (Wildman–Crippen LogP) is 10.3. The number of allylic oxidation sites excluding steroid dienone is 2. The van der Waals surface area contributed by atoms with Gasteiger partial charge in [-0.2, -0.15) is 0 Å². The van der Waals surface area contributed by atoms with Gasteiger partial charge in [0.25, 0.3) is 0 Å². The van der Waals surface area contributed by atoms with Crippen LogP contribution in [0.3, 0.4) is 0 Å². The molecule has 0 saturated heterocycles. The lowest BCUT2D eigenvalue weighted by Gasteiger charge is -2.33. The maximum Gasteiger partial charge on any atom is 0.104 e. The number of benzene rings is 6. The van der Waals surface area contributed by atoms with Gasteiger partial charge in [-0.05, 0) is 98.1 Å². The van der Waals surface area contributed by atoms with Crippen molar-refractivity contribution < 1.29 is 0 Å². The zero-order valence-electron chi connectivity index (χ0n) is 27.1. The Kier molecular flexibility index (Phi) is 8.71. The number of thioether (sulfide) groups is 1. The summed E-state index contributed by atoms with van der Waals surface area (Å²) in [7, 11) is 0. The molecule has 0 radical (unpaired) electrons. The SMILES string of the molecule is N=C(SC(N)C1=CCCC=C1)c1ccc2cc(-c3ccc4cc(C5=CC(c6ccccc6)NC(c6ccccc6)N5)ccc4c3)ccc2c1. The molecule has 0 saturated carbocycles. The van der Waals surface area contributed by atoms with Crippen molar-refractivity contribution in [2.75, 3.05) is 0 Å². The van der Waals surface area contributed by atoms with Gasteiger partial charge in [0.1, 0.15) is 6.17 Å². The summed E-state index contributed by atoms with van der Waals surface area (Å²) in [4.78, 5) is 0. The molecule has 4 nitrogen and oxygen atoms in total. The van der Waals surface area contributed by atoms with Crippen molar-refractivity contribution in [3.8, 4) is 11.1 Å². The molecule has 240 valence electrons. The molecule has 3 atom stereocenters. The lowest BCUT2D eigenvalue weighted by Crippen LogP contribution is -2.39. The average molecular weight is 655 g/mol. The van der Waals surface area contributed by atoms with Gasteiger partial charge >= 0.3 is 0 Å². The van der Waals surface area contributed by atoms with Crippen LogP contribution >= 0.6 is 11.8 Å². The number of fused-ring (bicyclic) bond motifs is 2. The van der Waals surface area contributed by atoms with Crippen molar-refractivity contribution >= 4 is 44.0 Å². The highest BCUT2D eigenvalue weighted by molar-refractivity contribution is 8.14. The molecular weight excluding hydrogens is 617 g/mol. The quantitative estimate of drug-likeness (QED) is 0.0785. The van der Waals surface area contributed by atoms with Crippen molar-refractivity contribution in [1.82, 2.24) is 10.6 Å². The molecule has 5 heteroatoms. The van der Waals surface area contributed by atoms with Crippen molar-refractivity contribution in [2.24, 2.45) is 5.73 Å². The van der Waals surface area contributed by atoms with Gasteiger partial charge in [-0.3, -0.25) is 10.7 Å². The molecule has 0 aromatic heterocycles. The van der Waals surface area contributed by atoms with Crippen molar-refractivity contribution in [3.05, 3.63) is 186 Å². The highest BCUT2D eigenvalue weighted by atomic mass is 32.2. The summed E-state index contributed by atoms with van der Waals surface area (Å²) in [5.41, 5.74) is 15.5. The predicted molar refractivity (Wildman–Crippen MR) is 208 cm³/mol. The molecule has 2 aliphatic rings. The Bertz CT molecular complexity index is 2250. The number of rotatable bonds is 7. The molecule has 8 rings (SSSR count). The van der Waals surface area contributed by atoms with Crippen LogP contribution in [0.5, 0.6) is 0 Å². The van der Waals surface area contributed by atoms with E-state index < -0.39 is 0 Å². The third-order valence-electron chi connectivity index (χ3n) is 9.46. The molecule has 3 unspecified atom stereocenters. The highest BCUT2D eigenvalue weighted by Crippen LogP contribution is 2.33. The lowest BCUT2D eigenvalue weighted by molar-refractivity contribution is 0.443. The van der Waals surface area contributed by atoms with Gasteiger partial charge in [-0.1, -0.05) is 139 Å². The Balaban J connectivity index is 1.04. The first kappa shape index (κ1) is 31.1. The molecular formula is C44H38N4S. The first-order valence-corrected chi connectivity index (χ1v) is 17.8. The Labute approximate surface area is 292 Å². The van der Waals surface area contributed by atoms with E-state index >= 15 is 0 Å². The van der Waals surface area contributed by atoms with E-state index in [2.05, 4.69) is 162 Å².